The maximum absolute atomic E-state index is 11.7. The summed E-state index contributed by atoms with van der Waals surface area (Å²) >= 11 is 0. The topological polar surface area (TPSA) is 130 Å². The predicted molar refractivity (Wildman–Crippen MR) is 70.3 cm³/mol. The molecule has 5 N–H and O–H groups in total. The molecule has 8 nitrogen and oxygen atoms in total. The summed E-state index contributed by atoms with van der Waals surface area (Å²) in [5.74, 6) is -0.924. The molecule has 1 fully saturated rings. The van der Waals surface area contributed by atoms with Crippen LogP contribution in [0.4, 0.5) is 0 Å². The molecule has 9 heteroatoms. The Morgan fingerprint density at radius 2 is 1.76 bits per heavy atom. The summed E-state index contributed by atoms with van der Waals surface area (Å²) in [6.45, 7) is 0.0589. The average Bonchev–Trinajstić information content (AvgIpc) is 2.44. The number of amides is 2. The van der Waals surface area contributed by atoms with Crippen LogP contribution in [0.15, 0.2) is 0 Å². The van der Waals surface area contributed by atoms with Crippen LogP contribution in [0.25, 0.3) is 0 Å². The normalized spacial score (nSPS) is 25.9. The van der Waals surface area contributed by atoms with Gasteiger partial charge in [-0.3, -0.25) is 14.4 Å². The van der Waals surface area contributed by atoms with Crippen LogP contribution in [0, 0.1) is 0 Å². The molecule has 1 radical (unpaired) electrons. The molecule has 2 atom stereocenters. The summed E-state index contributed by atoms with van der Waals surface area (Å²) in [5, 5.41) is 7.72. The van der Waals surface area contributed by atoms with E-state index in [2.05, 4.69) is 16.0 Å². The molecule has 0 aliphatic carbocycles. The molecule has 0 spiro atoms. The first-order valence-electron chi connectivity index (χ1n) is 6.45. The average molecular weight is 372 g/mol. The minimum atomic E-state index is -0.766. The second-order valence-electron chi connectivity index (χ2n) is 4.58. The van der Waals surface area contributed by atoms with E-state index in [0.29, 0.717) is 6.42 Å². The minimum Gasteiger partial charge on any atom is -0.540 e. The number of Topliss-reactive ketones (excluding diaryl/α,β-unsaturated/α-hetero) is 1. The van der Waals surface area contributed by atoms with Gasteiger partial charge in [0.2, 0.25) is 11.8 Å². The molecule has 1 aliphatic rings. The van der Waals surface area contributed by atoms with E-state index >= 15 is 0 Å². The molecule has 0 saturated carbocycles. The van der Waals surface area contributed by atoms with E-state index in [4.69, 9.17) is 5.73 Å². The predicted octanol–water partition coefficient (Wildman–Crippen LogP) is -2.64. The van der Waals surface area contributed by atoms with E-state index < -0.39 is 12.1 Å². The summed E-state index contributed by atoms with van der Waals surface area (Å²) in [6.07, 6.45) is 2.35. The monoisotopic (exact) mass is 372 g/mol. The van der Waals surface area contributed by atoms with Crippen LogP contribution in [0.1, 0.15) is 19.3 Å². The van der Waals surface area contributed by atoms with Crippen molar-refractivity contribution in [2.75, 3.05) is 19.6 Å². The molecule has 0 aromatic rings. The minimum absolute atomic E-state index is 0. The SMILES string of the molecule is NC1CCC(=O)NCC(=O)NCCC([C-]=O)NCC1=O.[Y]. The van der Waals surface area contributed by atoms with Crippen molar-refractivity contribution >= 4 is 23.9 Å². The van der Waals surface area contributed by atoms with Crippen LogP contribution in [-0.4, -0.2) is 55.6 Å². The van der Waals surface area contributed by atoms with Gasteiger partial charge in [-0.15, -0.1) is 0 Å². The van der Waals surface area contributed by atoms with E-state index in [1.54, 1.807) is 6.29 Å². The first-order chi connectivity index (χ1) is 9.52. The van der Waals surface area contributed by atoms with Gasteiger partial charge in [-0.25, -0.2) is 6.29 Å². The first-order valence-corrected chi connectivity index (χ1v) is 6.45. The smallest absolute Gasteiger partial charge is 0.239 e. The number of hydrogen-bond donors (Lipinski definition) is 4. The van der Waals surface area contributed by atoms with E-state index in [1.807, 2.05) is 0 Å². The van der Waals surface area contributed by atoms with E-state index in [1.165, 1.54) is 0 Å². The number of ketones is 1. The Kier molecular flexibility index (Phi) is 10.6. The van der Waals surface area contributed by atoms with Gasteiger partial charge in [0.05, 0.1) is 19.1 Å². The van der Waals surface area contributed by atoms with Crippen LogP contribution in [0.5, 0.6) is 0 Å². The largest absolute Gasteiger partial charge is 0.540 e. The van der Waals surface area contributed by atoms with Crippen molar-refractivity contribution in [2.45, 2.75) is 31.3 Å². The van der Waals surface area contributed by atoms with Crippen molar-refractivity contribution in [3.8, 4) is 0 Å². The maximum Gasteiger partial charge on any atom is 0.239 e. The van der Waals surface area contributed by atoms with Crippen LogP contribution in [0.3, 0.4) is 0 Å². The van der Waals surface area contributed by atoms with Gasteiger partial charge in [0.25, 0.3) is 0 Å². The third kappa shape index (κ3) is 8.35. The molecule has 1 rings (SSSR count). The quantitative estimate of drug-likeness (QED) is 0.373. The zero-order chi connectivity index (χ0) is 15.0. The van der Waals surface area contributed by atoms with Gasteiger partial charge in [0.15, 0.2) is 5.78 Å². The number of carbonyl (C=O) groups excluding carboxylic acids is 4. The third-order valence-corrected chi connectivity index (χ3v) is 2.96. The Hall–Kier alpha value is -0.696. The van der Waals surface area contributed by atoms with Crippen LogP contribution >= 0.6 is 0 Å². The summed E-state index contributed by atoms with van der Waals surface area (Å²) in [4.78, 5) is 45.2. The molecule has 0 aromatic carbocycles. The summed E-state index contributed by atoms with van der Waals surface area (Å²) in [7, 11) is 0. The number of nitrogens with two attached hydrogens (primary N) is 1. The summed E-state index contributed by atoms with van der Waals surface area (Å²) < 4.78 is 0. The Morgan fingerprint density at radius 3 is 2.43 bits per heavy atom. The molecule has 0 aromatic heterocycles. The summed E-state index contributed by atoms with van der Waals surface area (Å²) in [6, 6.07) is -1.40. The molecule has 2 unspecified atom stereocenters. The maximum atomic E-state index is 11.7. The molecule has 0 bridgehead atoms. The molecule has 2 amide bonds. The first kappa shape index (κ1) is 20.3. The van der Waals surface area contributed by atoms with Gasteiger partial charge in [-0.1, -0.05) is 6.04 Å². The Morgan fingerprint density at radius 1 is 1.05 bits per heavy atom. The van der Waals surface area contributed by atoms with Crippen LogP contribution in [0.2, 0.25) is 0 Å². The van der Waals surface area contributed by atoms with Gasteiger partial charge < -0.3 is 26.5 Å². The number of nitrogens with one attached hydrogen (secondary N) is 3. The van der Waals surface area contributed by atoms with E-state index in [9.17, 15) is 19.2 Å². The number of carbonyl (C=O) groups is 3. The van der Waals surface area contributed by atoms with Crippen LogP contribution in [-0.2, 0) is 51.9 Å². The molecule has 21 heavy (non-hydrogen) atoms. The molecule has 1 heterocycles. The Balaban J connectivity index is 0.00000400. The second-order valence-corrected chi connectivity index (χ2v) is 4.58. The van der Waals surface area contributed by atoms with Gasteiger partial charge in [-0.05, 0) is 12.8 Å². The fraction of sp³-hybridized carbons (Fsp3) is 0.667. The van der Waals surface area contributed by atoms with E-state index in [0.717, 1.165) is 0 Å². The number of hydrogen-bond acceptors (Lipinski definition) is 6. The molecule has 1 saturated heterocycles. The fourth-order valence-electron chi connectivity index (χ4n) is 1.69. The fourth-order valence-corrected chi connectivity index (χ4v) is 1.69. The van der Waals surface area contributed by atoms with Crippen molar-refractivity contribution in [1.82, 2.24) is 16.0 Å². The van der Waals surface area contributed by atoms with Crippen molar-refractivity contribution in [2.24, 2.45) is 5.73 Å². The number of rotatable bonds is 1. The van der Waals surface area contributed by atoms with Crippen molar-refractivity contribution < 1.29 is 51.9 Å². The second kappa shape index (κ2) is 10.9. The Labute approximate surface area is 148 Å². The van der Waals surface area contributed by atoms with E-state index in [-0.39, 0.29) is 82.8 Å². The van der Waals surface area contributed by atoms with Gasteiger partial charge in [-0.2, -0.15) is 0 Å². The van der Waals surface area contributed by atoms with Crippen molar-refractivity contribution in [1.29, 1.82) is 0 Å². The van der Waals surface area contributed by atoms with Crippen molar-refractivity contribution in [3.63, 3.8) is 0 Å². The molecular formula is C12H19N4O4Y-. The molecule has 115 valence electrons. The summed E-state index contributed by atoms with van der Waals surface area (Å²) in [5.41, 5.74) is 5.66. The van der Waals surface area contributed by atoms with Gasteiger partial charge >= 0.3 is 0 Å². The zero-order valence-electron chi connectivity index (χ0n) is 11.7. The third-order valence-electron chi connectivity index (χ3n) is 2.96. The molecule has 1 aliphatic heterocycles. The van der Waals surface area contributed by atoms with Crippen LogP contribution < -0.4 is 21.7 Å². The van der Waals surface area contributed by atoms with Gasteiger partial charge in [0.1, 0.15) is 0 Å². The van der Waals surface area contributed by atoms with Crippen molar-refractivity contribution in [3.05, 3.63) is 0 Å². The standard InChI is InChI=1S/C12H19N4O4.Y/c13-9-1-2-11(19)16-6-12(20)14-4-3-8(7-17)15-5-10(9)18;/h8-9,15H,1-6,13H2,(H,14,20)(H,16,19);/q-1;. The molecular weight excluding hydrogens is 353 g/mol. The Bertz CT molecular complexity index is 391. The zero-order valence-corrected chi connectivity index (χ0v) is 14.5. The van der Waals surface area contributed by atoms with Gasteiger partial charge in [0, 0.05) is 45.7 Å².